The number of aromatic amines is 1. The van der Waals surface area contributed by atoms with Gasteiger partial charge in [0.1, 0.15) is 4.47 Å². The SMILES string of the molecule is NC(=O)NCCNc1cn[nH]c(=O)c1Br. The van der Waals surface area contributed by atoms with E-state index in [2.05, 4.69) is 36.8 Å². The molecule has 0 aliphatic carbocycles. The summed E-state index contributed by atoms with van der Waals surface area (Å²) in [6, 6.07) is -0.583. The first-order valence-corrected chi connectivity index (χ1v) is 4.91. The minimum Gasteiger partial charge on any atom is -0.381 e. The Bertz CT molecular complexity index is 405. The van der Waals surface area contributed by atoms with Gasteiger partial charge in [-0.25, -0.2) is 9.89 Å². The molecule has 15 heavy (non-hydrogen) atoms. The first-order valence-electron chi connectivity index (χ1n) is 4.11. The Morgan fingerprint density at radius 2 is 2.33 bits per heavy atom. The molecule has 5 N–H and O–H groups in total. The van der Waals surface area contributed by atoms with E-state index in [4.69, 9.17) is 5.73 Å². The van der Waals surface area contributed by atoms with Crippen molar-refractivity contribution in [1.29, 1.82) is 0 Å². The van der Waals surface area contributed by atoms with Crippen LogP contribution in [0.2, 0.25) is 0 Å². The van der Waals surface area contributed by atoms with Gasteiger partial charge in [0.2, 0.25) is 0 Å². The van der Waals surface area contributed by atoms with E-state index in [0.29, 0.717) is 23.2 Å². The molecular weight excluding hydrogens is 266 g/mol. The van der Waals surface area contributed by atoms with Gasteiger partial charge in [0, 0.05) is 13.1 Å². The third-order valence-corrected chi connectivity index (χ3v) is 2.32. The van der Waals surface area contributed by atoms with Gasteiger partial charge in [0.25, 0.3) is 5.56 Å². The van der Waals surface area contributed by atoms with Gasteiger partial charge in [0.05, 0.1) is 11.9 Å². The number of aromatic nitrogens is 2. The maximum Gasteiger partial charge on any atom is 0.312 e. The highest BCUT2D eigenvalue weighted by Crippen LogP contribution is 2.14. The van der Waals surface area contributed by atoms with E-state index in [1.54, 1.807) is 0 Å². The standard InChI is InChI=1S/C7H10BrN5O2/c8-5-4(3-12-13-6(5)14)10-1-2-11-7(9)15/h3H,1-2H2,(H3,9,11,15)(H2,10,13,14). The summed E-state index contributed by atoms with van der Waals surface area (Å²) in [4.78, 5) is 21.4. The Hall–Kier alpha value is -1.57. The summed E-state index contributed by atoms with van der Waals surface area (Å²) in [5, 5.41) is 11.2. The van der Waals surface area contributed by atoms with Crippen LogP contribution in [0.25, 0.3) is 0 Å². The fourth-order valence-corrected chi connectivity index (χ4v) is 1.22. The lowest BCUT2D eigenvalue weighted by Gasteiger charge is -2.06. The van der Waals surface area contributed by atoms with Crippen LogP contribution in [0.3, 0.4) is 0 Å². The normalized spacial score (nSPS) is 9.67. The minimum atomic E-state index is -0.583. The van der Waals surface area contributed by atoms with Crippen molar-refractivity contribution in [3.8, 4) is 0 Å². The summed E-state index contributed by atoms with van der Waals surface area (Å²) in [7, 11) is 0. The Balaban J connectivity index is 2.48. The number of primary amides is 1. The second kappa shape index (κ2) is 5.35. The van der Waals surface area contributed by atoms with Gasteiger partial charge in [-0.3, -0.25) is 4.79 Å². The zero-order valence-electron chi connectivity index (χ0n) is 7.71. The first kappa shape index (κ1) is 11.5. The molecule has 0 radical (unpaired) electrons. The molecule has 82 valence electrons. The third kappa shape index (κ3) is 3.58. The Labute approximate surface area is 93.6 Å². The number of carbonyl (C=O) groups is 1. The Morgan fingerprint density at radius 1 is 1.60 bits per heavy atom. The van der Waals surface area contributed by atoms with Crippen molar-refractivity contribution in [2.24, 2.45) is 5.73 Å². The molecule has 1 aromatic rings. The lowest BCUT2D eigenvalue weighted by Crippen LogP contribution is -2.33. The van der Waals surface area contributed by atoms with Gasteiger partial charge in [-0.1, -0.05) is 0 Å². The van der Waals surface area contributed by atoms with Crippen LogP contribution < -0.4 is 21.9 Å². The number of hydrogen-bond donors (Lipinski definition) is 4. The molecule has 1 aromatic heterocycles. The van der Waals surface area contributed by atoms with Crippen molar-refractivity contribution in [3.63, 3.8) is 0 Å². The Kier molecular flexibility index (Phi) is 4.10. The number of nitrogens with zero attached hydrogens (tertiary/aromatic N) is 1. The zero-order valence-corrected chi connectivity index (χ0v) is 9.30. The molecule has 0 aliphatic heterocycles. The quantitative estimate of drug-likeness (QED) is 0.561. The van der Waals surface area contributed by atoms with Crippen molar-refractivity contribution >= 4 is 27.6 Å². The molecule has 0 atom stereocenters. The van der Waals surface area contributed by atoms with E-state index in [-0.39, 0.29) is 5.56 Å². The molecule has 0 saturated carbocycles. The van der Waals surface area contributed by atoms with Gasteiger partial charge >= 0.3 is 6.03 Å². The predicted octanol–water partition coefficient (Wildman–Crippen LogP) is -0.387. The molecule has 0 fully saturated rings. The van der Waals surface area contributed by atoms with Crippen molar-refractivity contribution < 1.29 is 4.79 Å². The molecule has 0 bridgehead atoms. The minimum absolute atomic E-state index is 0.317. The number of anilines is 1. The lowest BCUT2D eigenvalue weighted by molar-refractivity contribution is 0.249. The number of nitrogens with two attached hydrogens (primary N) is 1. The van der Waals surface area contributed by atoms with E-state index in [0.717, 1.165) is 0 Å². The molecule has 7 nitrogen and oxygen atoms in total. The van der Waals surface area contributed by atoms with Crippen LogP contribution in [0, 0.1) is 0 Å². The molecule has 8 heteroatoms. The average Bonchev–Trinajstić information content (AvgIpc) is 2.18. The molecule has 0 spiro atoms. The first-order chi connectivity index (χ1) is 7.11. The van der Waals surface area contributed by atoms with E-state index < -0.39 is 6.03 Å². The van der Waals surface area contributed by atoms with Crippen LogP contribution >= 0.6 is 15.9 Å². The van der Waals surface area contributed by atoms with E-state index in [1.807, 2.05) is 0 Å². The van der Waals surface area contributed by atoms with Gasteiger partial charge in [-0.15, -0.1) is 0 Å². The number of urea groups is 1. The summed E-state index contributed by atoms with van der Waals surface area (Å²) in [6.45, 7) is 0.821. The smallest absolute Gasteiger partial charge is 0.312 e. The topological polar surface area (TPSA) is 113 Å². The van der Waals surface area contributed by atoms with Gasteiger partial charge in [-0.2, -0.15) is 5.10 Å². The zero-order chi connectivity index (χ0) is 11.3. The van der Waals surface area contributed by atoms with Gasteiger partial charge < -0.3 is 16.4 Å². The summed E-state index contributed by atoms with van der Waals surface area (Å²) in [5.41, 5.74) is 5.11. The number of hydrogen-bond acceptors (Lipinski definition) is 4. The van der Waals surface area contributed by atoms with E-state index in [1.165, 1.54) is 6.20 Å². The highest BCUT2D eigenvalue weighted by molar-refractivity contribution is 9.10. The monoisotopic (exact) mass is 275 g/mol. The molecular formula is C7H10BrN5O2. The van der Waals surface area contributed by atoms with Crippen LogP contribution in [0.5, 0.6) is 0 Å². The summed E-state index contributed by atoms with van der Waals surface area (Å²) >= 11 is 3.10. The summed E-state index contributed by atoms with van der Waals surface area (Å²) in [5.74, 6) is 0. The molecule has 1 rings (SSSR count). The van der Waals surface area contributed by atoms with Crippen molar-refractivity contribution in [3.05, 3.63) is 21.0 Å². The number of rotatable bonds is 4. The molecule has 0 aromatic carbocycles. The number of H-pyrrole nitrogens is 1. The fraction of sp³-hybridized carbons (Fsp3) is 0.286. The molecule has 0 aliphatic rings. The van der Waals surface area contributed by atoms with Crippen molar-refractivity contribution in [2.45, 2.75) is 0 Å². The second-order valence-electron chi connectivity index (χ2n) is 2.64. The highest BCUT2D eigenvalue weighted by Gasteiger charge is 2.02. The Morgan fingerprint density at radius 3 is 3.00 bits per heavy atom. The molecule has 2 amide bonds. The van der Waals surface area contributed by atoms with Crippen LogP contribution in [0.4, 0.5) is 10.5 Å². The number of carbonyl (C=O) groups excluding carboxylic acids is 1. The highest BCUT2D eigenvalue weighted by atomic mass is 79.9. The predicted molar refractivity (Wildman–Crippen MR) is 58.6 cm³/mol. The third-order valence-electron chi connectivity index (χ3n) is 1.54. The molecule has 0 unspecified atom stereocenters. The lowest BCUT2D eigenvalue weighted by atomic mass is 10.4. The van der Waals surface area contributed by atoms with Crippen molar-refractivity contribution in [2.75, 3.05) is 18.4 Å². The molecule has 0 saturated heterocycles. The van der Waals surface area contributed by atoms with Gasteiger partial charge in [-0.05, 0) is 15.9 Å². The fourth-order valence-electron chi connectivity index (χ4n) is 0.890. The average molecular weight is 276 g/mol. The maximum atomic E-state index is 11.1. The van der Waals surface area contributed by atoms with E-state index >= 15 is 0 Å². The maximum absolute atomic E-state index is 11.1. The second-order valence-corrected chi connectivity index (χ2v) is 3.44. The molecule has 1 heterocycles. The number of amides is 2. The van der Waals surface area contributed by atoms with Crippen LogP contribution in [-0.4, -0.2) is 29.3 Å². The van der Waals surface area contributed by atoms with Gasteiger partial charge in [0.15, 0.2) is 0 Å². The summed E-state index contributed by atoms with van der Waals surface area (Å²) in [6.07, 6.45) is 1.47. The van der Waals surface area contributed by atoms with Crippen molar-refractivity contribution in [1.82, 2.24) is 15.5 Å². The van der Waals surface area contributed by atoms with E-state index in [9.17, 15) is 9.59 Å². The largest absolute Gasteiger partial charge is 0.381 e. The van der Waals surface area contributed by atoms with Crippen LogP contribution in [-0.2, 0) is 0 Å². The number of nitrogens with one attached hydrogen (secondary N) is 3. The van der Waals surface area contributed by atoms with Crippen LogP contribution in [0.15, 0.2) is 15.5 Å². The van der Waals surface area contributed by atoms with Crippen LogP contribution in [0.1, 0.15) is 0 Å². The number of halogens is 1. The summed E-state index contributed by atoms with van der Waals surface area (Å²) < 4.78 is 0.372.